The molecule has 2 aromatic carbocycles. The summed E-state index contributed by atoms with van der Waals surface area (Å²) in [6, 6.07) is 14.2. The first-order valence-electron chi connectivity index (χ1n) is 7.35. The van der Waals surface area contributed by atoms with Gasteiger partial charge < -0.3 is 15.8 Å². The fourth-order valence-electron chi connectivity index (χ4n) is 2.22. The van der Waals surface area contributed by atoms with Crippen molar-refractivity contribution in [3.63, 3.8) is 0 Å². The van der Waals surface area contributed by atoms with Crippen molar-refractivity contribution in [2.45, 2.75) is 20.3 Å². The first kappa shape index (κ1) is 19.3. The Balaban J connectivity index is 0.00000264. The van der Waals surface area contributed by atoms with Crippen molar-refractivity contribution in [1.82, 2.24) is 0 Å². The molecule has 0 aromatic heterocycles. The van der Waals surface area contributed by atoms with Crippen molar-refractivity contribution in [2.24, 2.45) is 10.7 Å². The van der Waals surface area contributed by atoms with E-state index in [0.717, 1.165) is 23.4 Å². The number of nitrogens with one attached hydrogen (secondary N) is 1. The Hall–Kier alpha value is -1.76. The molecule has 2 rings (SSSR count). The van der Waals surface area contributed by atoms with Crippen LogP contribution in [-0.2, 0) is 6.42 Å². The smallest absolute Gasteiger partial charge is 0.193 e. The lowest BCUT2D eigenvalue weighted by molar-refractivity contribution is 0.409. The van der Waals surface area contributed by atoms with Gasteiger partial charge in [0.05, 0.1) is 7.11 Å². The fourth-order valence-corrected chi connectivity index (χ4v) is 2.22. The van der Waals surface area contributed by atoms with Crippen LogP contribution in [0.25, 0.3) is 0 Å². The predicted molar refractivity (Wildman–Crippen MR) is 108 cm³/mol. The molecular weight excluding hydrogens is 401 g/mol. The number of nitrogens with two attached hydrogens (primary N) is 1. The summed E-state index contributed by atoms with van der Waals surface area (Å²) < 4.78 is 5.37. The minimum atomic E-state index is 0. The molecule has 4 nitrogen and oxygen atoms in total. The van der Waals surface area contributed by atoms with Crippen LogP contribution >= 0.6 is 24.0 Å². The molecule has 0 amide bonds. The summed E-state index contributed by atoms with van der Waals surface area (Å²) in [6.45, 7) is 4.74. The van der Waals surface area contributed by atoms with E-state index in [-0.39, 0.29) is 24.0 Å². The van der Waals surface area contributed by atoms with Gasteiger partial charge in [-0.15, -0.1) is 24.0 Å². The maximum absolute atomic E-state index is 5.92. The predicted octanol–water partition coefficient (Wildman–Crippen LogP) is 3.90. The molecule has 0 aliphatic heterocycles. The van der Waals surface area contributed by atoms with Crippen LogP contribution in [0.5, 0.6) is 5.75 Å². The average Bonchev–Trinajstić information content (AvgIpc) is 2.50. The van der Waals surface area contributed by atoms with Gasteiger partial charge in [0.25, 0.3) is 0 Å². The van der Waals surface area contributed by atoms with E-state index in [4.69, 9.17) is 10.5 Å². The summed E-state index contributed by atoms with van der Waals surface area (Å²) in [4.78, 5) is 4.37. The lowest BCUT2D eigenvalue weighted by Crippen LogP contribution is -2.23. The molecule has 0 saturated heterocycles. The summed E-state index contributed by atoms with van der Waals surface area (Å²) in [5, 5.41) is 3.09. The van der Waals surface area contributed by atoms with Gasteiger partial charge >= 0.3 is 0 Å². The van der Waals surface area contributed by atoms with Crippen LogP contribution in [0, 0.1) is 13.8 Å². The van der Waals surface area contributed by atoms with Gasteiger partial charge in [-0.1, -0.05) is 35.4 Å². The van der Waals surface area contributed by atoms with Gasteiger partial charge in [-0.3, -0.25) is 4.99 Å². The highest BCUT2D eigenvalue weighted by atomic mass is 127. The number of aliphatic imine (C=N–C) groups is 1. The Morgan fingerprint density at radius 2 is 1.74 bits per heavy atom. The molecule has 3 N–H and O–H groups in total. The second kappa shape index (κ2) is 9.39. The van der Waals surface area contributed by atoms with E-state index in [0.29, 0.717) is 12.5 Å². The molecule has 124 valence electrons. The standard InChI is InChI=1S/C18H23N3O.HI/c1-13-4-7-16(8-5-13)21-18(19)20-11-10-15-12-14(2)6-9-17(15)22-3;/h4-9,12H,10-11H2,1-3H3,(H3,19,20,21);1H. The first-order valence-corrected chi connectivity index (χ1v) is 7.35. The second-order valence-electron chi connectivity index (χ2n) is 5.32. The van der Waals surface area contributed by atoms with Gasteiger partial charge in [0.15, 0.2) is 5.96 Å². The van der Waals surface area contributed by atoms with Crippen LogP contribution in [0.3, 0.4) is 0 Å². The van der Waals surface area contributed by atoms with Gasteiger partial charge in [0, 0.05) is 12.2 Å². The van der Waals surface area contributed by atoms with E-state index >= 15 is 0 Å². The zero-order valence-electron chi connectivity index (χ0n) is 13.8. The van der Waals surface area contributed by atoms with Crippen molar-refractivity contribution in [1.29, 1.82) is 0 Å². The van der Waals surface area contributed by atoms with E-state index in [9.17, 15) is 0 Å². The Bertz CT molecular complexity index is 654. The third-order valence-corrected chi connectivity index (χ3v) is 3.42. The van der Waals surface area contributed by atoms with Gasteiger partial charge in [-0.25, -0.2) is 0 Å². The molecule has 0 atom stereocenters. The van der Waals surface area contributed by atoms with Crippen LogP contribution in [-0.4, -0.2) is 19.6 Å². The summed E-state index contributed by atoms with van der Waals surface area (Å²) in [5.74, 6) is 1.32. The van der Waals surface area contributed by atoms with Gasteiger partial charge in [-0.05, 0) is 44.0 Å². The molecule has 0 radical (unpaired) electrons. The molecule has 0 spiro atoms. The highest BCUT2D eigenvalue weighted by molar-refractivity contribution is 14.0. The molecule has 23 heavy (non-hydrogen) atoms. The Morgan fingerprint density at radius 1 is 1.09 bits per heavy atom. The number of guanidine groups is 1. The topological polar surface area (TPSA) is 59.6 Å². The second-order valence-corrected chi connectivity index (χ2v) is 5.32. The number of benzene rings is 2. The van der Waals surface area contributed by atoms with E-state index < -0.39 is 0 Å². The minimum absolute atomic E-state index is 0. The van der Waals surface area contributed by atoms with Crippen molar-refractivity contribution in [3.8, 4) is 5.75 Å². The third kappa shape index (κ3) is 6.09. The molecule has 0 unspecified atom stereocenters. The summed E-state index contributed by atoms with van der Waals surface area (Å²) in [5.41, 5.74) is 10.4. The zero-order chi connectivity index (χ0) is 15.9. The molecule has 0 bridgehead atoms. The number of ether oxygens (including phenoxy) is 1. The number of methoxy groups -OCH3 is 1. The van der Waals surface area contributed by atoms with Crippen molar-refractivity contribution >= 4 is 35.6 Å². The zero-order valence-corrected chi connectivity index (χ0v) is 16.1. The quantitative estimate of drug-likeness (QED) is 0.434. The number of anilines is 1. The van der Waals surface area contributed by atoms with E-state index in [1.165, 1.54) is 11.1 Å². The molecular formula is C18H24IN3O. The first-order chi connectivity index (χ1) is 10.6. The number of hydrogen-bond donors (Lipinski definition) is 2. The van der Waals surface area contributed by atoms with Gasteiger partial charge in [-0.2, -0.15) is 0 Å². The Kier molecular flexibility index (Phi) is 7.88. The number of halogens is 1. The van der Waals surface area contributed by atoms with Crippen molar-refractivity contribution in [3.05, 3.63) is 59.2 Å². The van der Waals surface area contributed by atoms with Crippen LogP contribution in [0.2, 0.25) is 0 Å². The monoisotopic (exact) mass is 425 g/mol. The largest absolute Gasteiger partial charge is 0.496 e. The van der Waals surface area contributed by atoms with Crippen LogP contribution in [0.4, 0.5) is 5.69 Å². The molecule has 0 aliphatic carbocycles. The van der Waals surface area contributed by atoms with Crippen LogP contribution < -0.4 is 15.8 Å². The maximum Gasteiger partial charge on any atom is 0.193 e. The van der Waals surface area contributed by atoms with Crippen LogP contribution in [0.1, 0.15) is 16.7 Å². The van der Waals surface area contributed by atoms with Crippen LogP contribution in [0.15, 0.2) is 47.5 Å². The lowest BCUT2D eigenvalue weighted by atomic mass is 10.1. The normalized spacial score (nSPS) is 10.8. The number of rotatable bonds is 5. The van der Waals surface area contributed by atoms with Gasteiger partial charge in [0.1, 0.15) is 5.75 Å². The maximum atomic E-state index is 5.92. The SMILES string of the molecule is COc1ccc(C)cc1CCN=C(N)Nc1ccc(C)cc1.I. The molecule has 0 saturated carbocycles. The molecule has 0 heterocycles. The van der Waals surface area contributed by atoms with Crippen molar-refractivity contribution in [2.75, 3.05) is 19.0 Å². The number of nitrogens with zero attached hydrogens (tertiary/aromatic N) is 1. The van der Waals surface area contributed by atoms with E-state index in [2.05, 4.69) is 30.2 Å². The molecule has 0 fully saturated rings. The number of hydrogen-bond acceptors (Lipinski definition) is 2. The molecule has 2 aromatic rings. The Labute approximate surface area is 155 Å². The minimum Gasteiger partial charge on any atom is -0.496 e. The number of aryl methyl sites for hydroxylation is 2. The van der Waals surface area contributed by atoms with E-state index in [1.807, 2.05) is 36.4 Å². The summed E-state index contributed by atoms with van der Waals surface area (Å²) in [7, 11) is 1.69. The molecule has 0 aliphatic rings. The summed E-state index contributed by atoms with van der Waals surface area (Å²) >= 11 is 0. The van der Waals surface area contributed by atoms with Crippen molar-refractivity contribution < 1.29 is 4.74 Å². The third-order valence-electron chi connectivity index (χ3n) is 3.42. The Morgan fingerprint density at radius 3 is 2.39 bits per heavy atom. The highest BCUT2D eigenvalue weighted by Crippen LogP contribution is 2.20. The average molecular weight is 425 g/mol. The summed E-state index contributed by atoms with van der Waals surface area (Å²) in [6.07, 6.45) is 0.793. The van der Waals surface area contributed by atoms with E-state index in [1.54, 1.807) is 7.11 Å². The highest BCUT2D eigenvalue weighted by Gasteiger charge is 2.03. The lowest BCUT2D eigenvalue weighted by Gasteiger charge is -2.09. The fraction of sp³-hybridized carbons (Fsp3) is 0.278. The molecule has 5 heteroatoms. The van der Waals surface area contributed by atoms with Gasteiger partial charge in [0.2, 0.25) is 0 Å².